The molecule has 0 atom stereocenters. The Bertz CT molecular complexity index is 756. The standard InChI is InChI=1S/C18H14O3/c1-12-10-14(19)11-16-17(12)18(20)15(21-16)9-5-8-13-6-3-2-4-7-13/h2-11,19H,1H3/b8-5+,15-9-. The summed E-state index contributed by atoms with van der Waals surface area (Å²) in [6.45, 7) is 1.78. The van der Waals surface area contributed by atoms with Gasteiger partial charge in [0.15, 0.2) is 5.76 Å². The van der Waals surface area contributed by atoms with E-state index in [1.54, 1.807) is 25.1 Å². The van der Waals surface area contributed by atoms with Crippen molar-refractivity contribution in [2.24, 2.45) is 0 Å². The van der Waals surface area contributed by atoms with Crippen LogP contribution in [-0.2, 0) is 0 Å². The Kier molecular flexibility index (Phi) is 3.32. The van der Waals surface area contributed by atoms with Crippen LogP contribution in [0, 0.1) is 6.92 Å². The number of Topliss-reactive ketones (excluding diaryl/α,β-unsaturated/α-hetero) is 1. The van der Waals surface area contributed by atoms with Crippen LogP contribution in [0.15, 0.2) is 60.4 Å². The maximum absolute atomic E-state index is 12.3. The van der Waals surface area contributed by atoms with Crippen molar-refractivity contribution in [3.8, 4) is 11.5 Å². The van der Waals surface area contributed by atoms with Crippen molar-refractivity contribution in [3.63, 3.8) is 0 Å². The summed E-state index contributed by atoms with van der Waals surface area (Å²) >= 11 is 0. The highest BCUT2D eigenvalue weighted by Gasteiger charge is 2.29. The minimum Gasteiger partial charge on any atom is -0.508 e. The Morgan fingerprint density at radius 2 is 1.90 bits per heavy atom. The van der Waals surface area contributed by atoms with Crippen LogP contribution in [0.3, 0.4) is 0 Å². The zero-order chi connectivity index (χ0) is 14.8. The molecule has 0 saturated carbocycles. The Balaban J connectivity index is 1.86. The second-order valence-corrected chi connectivity index (χ2v) is 4.87. The number of benzene rings is 2. The molecule has 0 bridgehead atoms. The van der Waals surface area contributed by atoms with Crippen LogP contribution < -0.4 is 4.74 Å². The van der Waals surface area contributed by atoms with Crippen LogP contribution in [0.5, 0.6) is 11.5 Å². The van der Waals surface area contributed by atoms with Gasteiger partial charge in [0.25, 0.3) is 0 Å². The first kappa shape index (κ1) is 13.2. The number of phenols is 1. The number of fused-ring (bicyclic) bond motifs is 1. The summed E-state index contributed by atoms with van der Waals surface area (Å²) in [7, 11) is 0. The summed E-state index contributed by atoms with van der Waals surface area (Å²) < 4.78 is 5.52. The first-order valence-corrected chi connectivity index (χ1v) is 6.65. The van der Waals surface area contributed by atoms with E-state index in [-0.39, 0.29) is 17.3 Å². The molecule has 3 nitrogen and oxygen atoms in total. The number of hydrogen-bond acceptors (Lipinski definition) is 3. The Labute approximate surface area is 122 Å². The first-order valence-electron chi connectivity index (χ1n) is 6.65. The largest absolute Gasteiger partial charge is 0.508 e. The van der Waals surface area contributed by atoms with Gasteiger partial charge in [-0.25, -0.2) is 0 Å². The molecular weight excluding hydrogens is 264 g/mol. The molecule has 1 N–H and O–H groups in total. The van der Waals surface area contributed by atoms with E-state index in [1.807, 2.05) is 36.4 Å². The van der Waals surface area contributed by atoms with Gasteiger partial charge in [-0.1, -0.05) is 42.5 Å². The Morgan fingerprint density at radius 3 is 2.67 bits per heavy atom. The van der Waals surface area contributed by atoms with Crippen molar-refractivity contribution >= 4 is 11.9 Å². The maximum Gasteiger partial charge on any atom is 0.232 e. The van der Waals surface area contributed by atoms with Crippen molar-refractivity contribution < 1.29 is 14.6 Å². The van der Waals surface area contributed by atoms with Gasteiger partial charge in [0.1, 0.15) is 11.5 Å². The van der Waals surface area contributed by atoms with Gasteiger partial charge >= 0.3 is 0 Å². The fraction of sp³-hybridized carbons (Fsp3) is 0.0556. The van der Waals surface area contributed by atoms with E-state index in [4.69, 9.17) is 4.74 Å². The number of carbonyl (C=O) groups excluding carboxylic acids is 1. The number of aryl methyl sites for hydroxylation is 1. The van der Waals surface area contributed by atoms with Gasteiger partial charge in [-0.2, -0.15) is 0 Å². The van der Waals surface area contributed by atoms with Crippen molar-refractivity contribution in [1.29, 1.82) is 0 Å². The lowest BCUT2D eigenvalue weighted by atomic mass is 10.0. The molecule has 0 radical (unpaired) electrons. The van der Waals surface area contributed by atoms with Crippen LogP contribution in [0.1, 0.15) is 21.5 Å². The van der Waals surface area contributed by atoms with Gasteiger partial charge in [-0.15, -0.1) is 0 Å². The number of carbonyl (C=O) groups is 1. The molecular formula is C18H14O3. The molecule has 0 aromatic heterocycles. The van der Waals surface area contributed by atoms with Crippen LogP contribution >= 0.6 is 0 Å². The fourth-order valence-corrected chi connectivity index (χ4v) is 2.32. The van der Waals surface area contributed by atoms with E-state index in [1.165, 1.54) is 6.07 Å². The van der Waals surface area contributed by atoms with Gasteiger partial charge in [-0.05, 0) is 30.2 Å². The summed E-state index contributed by atoms with van der Waals surface area (Å²) in [6, 6.07) is 12.8. The molecule has 104 valence electrons. The van der Waals surface area contributed by atoms with E-state index < -0.39 is 0 Å². The average Bonchev–Trinajstić information content (AvgIpc) is 2.76. The molecule has 0 aliphatic carbocycles. The highest BCUT2D eigenvalue weighted by Crippen LogP contribution is 2.36. The zero-order valence-electron chi connectivity index (χ0n) is 11.5. The minimum absolute atomic E-state index is 0.0973. The topological polar surface area (TPSA) is 46.5 Å². The Morgan fingerprint density at radius 1 is 1.14 bits per heavy atom. The molecule has 3 heteroatoms. The molecule has 0 unspecified atom stereocenters. The number of hydrogen-bond donors (Lipinski definition) is 1. The number of ether oxygens (including phenoxy) is 1. The Hall–Kier alpha value is -2.81. The predicted molar refractivity (Wildman–Crippen MR) is 81.4 cm³/mol. The summed E-state index contributed by atoms with van der Waals surface area (Å²) in [6.07, 6.45) is 5.33. The highest BCUT2D eigenvalue weighted by molar-refractivity contribution is 6.13. The molecule has 3 rings (SSSR count). The summed E-state index contributed by atoms with van der Waals surface area (Å²) in [5.74, 6) is 0.628. The smallest absolute Gasteiger partial charge is 0.232 e. The number of aromatic hydroxyl groups is 1. The fourth-order valence-electron chi connectivity index (χ4n) is 2.32. The molecule has 2 aromatic carbocycles. The van der Waals surface area contributed by atoms with Crippen molar-refractivity contribution in [2.45, 2.75) is 6.92 Å². The quantitative estimate of drug-likeness (QED) is 0.848. The molecule has 21 heavy (non-hydrogen) atoms. The van der Waals surface area contributed by atoms with Gasteiger partial charge < -0.3 is 9.84 Å². The SMILES string of the molecule is Cc1cc(O)cc2c1C(=O)/C(=C/C=C/c1ccccc1)O2. The van der Waals surface area contributed by atoms with Gasteiger partial charge in [0, 0.05) is 6.07 Å². The van der Waals surface area contributed by atoms with Crippen molar-refractivity contribution in [1.82, 2.24) is 0 Å². The van der Waals surface area contributed by atoms with Crippen molar-refractivity contribution in [3.05, 3.63) is 77.1 Å². The van der Waals surface area contributed by atoms with Crippen LogP contribution in [0.4, 0.5) is 0 Å². The lowest BCUT2D eigenvalue weighted by Gasteiger charge is -2.00. The van der Waals surface area contributed by atoms with Crippen LogP contribution in [0.25, 0.3) is 6.08 Å². The van der Waals surface area contributed by atoms with Crippen LogP contribution in [-0.4, -0.2) is 10.9 Å². The third-order valence-corrected chi connectivity index (χ3v) is 3.29. The number of phenolic OH excluding ortho intramolecular Hbond substituents is 1. The predicted octanol–water partition coefficient (Wildman–Crippen LogP) is 3.87. The maximum atomic E-state index is 12.3. The number of rotatable bonds is 2. The molecule has 0 saturated heterocycles. The summed E-state index contributed by atoms with van der Waals surface area (Å²) in [5.41, 5.74) is 2.28. The van der Waals surface area contributed by atoms with Gasteiger partial charge in [0.05, 0.1) is 5.56 Å². The third kappa shape index (κ3) is 2.58. The second kappa shape index (κ2) is 5.29. The summed E-state index contributed by atoms with van der Waals surface area (Å²) in [4.78, 5) is 12.3. The normalized spacial score (nSPS) is 15.5. The lowest BCUT2D eigenvalue weighted by Crippen LogP contribution is -1.99. The minimum atomic E-state index is -0.153. The lowest BCUT2D eigenvalue weighted by molar-refractivity contribution is 0.101. The average molecular weight is 278 g/mol. The molecule has 0 spiro atoms. The second-order valence-electron chi connectivity index (χ2n) is 4.87. The molecule has 1 heterocycles. The third-order valence-electron chi connectivity index (χ3n) is 3.29. The molecule has 1 aliphatic rings. The first-order chi connectivity index (χ1) is 10.1. The summed E-state index contributed by atoms with van der Waals surface area (Å²) in [5, 5.41) is 9.55. The van der Waals surface area contributed by atoms with Crippen molar-refractivity contribution in [2.75, 3.05) is 0 Å². The molecule has 1 aliphatic heterocycles. The van der Waals surface area contributed by atoms with Crippen LogP contribution in [0.2, 0.25) is 0 Å². The number of allylic oxidation sites excluding steroid dienone is 3. The monoisotopic (exact) mass is 278 g/mol. The van der Waals surface area contributed by atoms with E-state index in [0.717, 1.165) is 5.56 Å². The van der Waals surface area contributed by atoms with E-state index >= 15 is 0 Å². The zero-order valence-corrected chi connectivity index (χ0v) is 11.5. The molecule has 0 fully saturated rings. The van der Waals surface area contributed by atoms with Gasteiger partial charge in [-0.3, -0.25) is 4.79 Å². The van der Waals surface area contributed by atoms with E-state index in [2.05, 4.69) is 0 Å². The van der Waals surface area contributed by atoms with E-state index in [9.17, 15) is 9.90 Å². The number of ketones is 1. The van der Waals surface area contributed by atoms with Gasteiger partial charge in [0.2, 0.25) is 5.78 Å². The highest BCUT2D eigenvalue weighted by atomic mass is 16.5. The van der Waals surface area contributed by atoms with E-state index in [0.29, 0.717) is 16.9 Å². The molecule has 2 aromatic rings. The molecule has 0 amide bonds.